The van der Waals surface area contributed by atoms with Crippen LogP contribution in [0.1, 0.15) is 24.9 Å². The van der Waals surface area contributed by atoms with Crippen molar-refractivity contribution in [2.24, 2.45) is 5.73 Å². The number of hydrogen-bond donors (Lipinski definition) is 1. The van der Waals surface area contributed by atoms with Crippen molar-refractivity contribution in [2.45, 2.75) is 31.5 Å². The van der Waals surface area contributed by atoms with Crippen LogP contribution >= 0.6 is 0 Å². The molecule has 3 unspecified atom stereocenters. The zero-order chi connectivity index (χ0) is 12.3. The molecule has 1 aliphatic heterocycles. The second kappa shape index (κ2) is 5.58. The first-order chi connectivity index (χ1) is 8.24. The fourth-order valence-corrected chi connectivity index (χ4v) is 2.60. The molecule has 1 fully saturated rings. The van der Waals surface area contributed by atoms with E-state index in [2.05, 4.69) is 29.9 Å². The van der Waals surface area contributed by atoms with E-state index in [9.17, 15) is 0 Å². The minimum Gasteiger partial charge on any atom is -0.377 e. The Kier molecular flexibility index (Phi) is 4.10. The Labute approximate surface area is 103 Å². The standard InChI is InChI=1S/C13H21N3O/c1-10-12(5-7-17-10)16(2)13(8-14)11-4-3-6-15-9-11/h3-4,6,9-10,12-13H,5,7-8,14H2,1-2H3. The van der Waals surface area contributed by atoms with E-state index in [1.54, 1.807) is 6.20 Å². The van der Waals surface area contributed by atoms with Gasteiger partial charge in [0, 0.05) is 37.6 Å². The summed E-state index contributed by atoms with van der Waals surface area (Å²) < 4.78 is 5.62. The number of ether oxygens (including phenoxy) is 1. The molecule has 17 heavy (non-hydrogen) atoms. The SMILES string of the molecule is CC1OCCC1N(C)C(CN)c1cccnc1. The lowest BCUT2D eigenvalue weighted by molar-refractivity contribution is 0.0685. The molecule has 2 rings (SSSR count). The van der Waals surface area contributed by atoms with Crippen molar-refractivity contribution in [1.29, 1.82) is 0 Å². The van der Waals surface area contributed by atoms with Gasteiger partial charge in [-0.05, 0) is 32.0 Å². The fourth-order valence-electron chi connectivity index (χ4n) is 2.60. The lowest BCUT2D eigenvalue weighted by Gasteiger charge is -2.33. The van der Waals surface area contributed by atoms with Gasteiger partial charge in [0.2, 0.25) is 0 Å². The third kappa shape index (κ3) is 2.65. The Bertz CT molecular complexity index is 344. The summed E-state index contributed by atoms with van der Waals surface area (Å²) >= 11 is 0. The quantitative estimate of drug-likeness (QED) is 0.851. The molecule has 0 aromatic carbocycles. The smallest absolute Gasteiger partial charge is 0.0703 e. The van der Waals surface area contributed by atoms with Crippen LogP contribution in [0.3, 0.4) is 0 Å². The summed E-state index contributed by atoms with van der Waals surface area (Å²) in [7, 11) is 2.13. The van der Waals surface area contributed by atoms with Gasteiger partial charge in [0.05, 0.1) is 6.10 Å². The van der Waals surface area contributed by atoms with Gasteiger partial charge >= 0.3 is 0 Å². The molecule has 0 aliphatic carbocycles. The van der Waals surface area contributed by atoms with E-state index in [1.165, 1.54) is 5.56 Å². The van der Waals surface area contributed by atoms with Crippen molar-refractivity contribution in [3.63, 3.8) is 0 Å². The van der Waals surface area contributed by atoms with Crippen LogP contribution in [0.25, 0.3) is 0 Å². The monoisotopic (exact) mass is 235 g/mol. The molecule has 0 spiro atoms. The largest absolute Gasteiger partial charge is 0.377 e. The van der Waals surface area contributed by atoms with Crippen LogP contribution < -0.4 is 5.73 Å². The van der Waals surface area contributed by atoms with Crippen molar-refractivity contribution in [2.75, 3.05) is 20.2 Å². The number of hydrogen-bond acceptors (Lipinski definition) is 4. The predicted molar refractivity (Wildman–Crippen MR) is 67.6 cm³/mol. The molecule has 0 amide bonds. The minimum atomic E-state index is 0.220. The molecule has 3 atom stereocenters. The van der Waals surface area contributed by atoms with Gasteiger partial charge in [-0.1, -0.05) is 6.07 Å². The number of likely N-dealkylation sites (N-methyl/N-ethyl adjacent to an activating group) is 1. The average molecular weight is 235 g/mol. The van der Waals surface area contributed by atoms with Crippen LogP contribution in [0, 0.1) is 0 Å². The summed E-state index contributed by atoms with van der Waals surface area (Å²) in [6.45, 7) is 3.58. The first-order valence-corrected chi connectivity index (χ1v) is 6.17. The second-order valence-electron chi connectivity index (χ2n) is 4.64. The number of nitrogens with two attached hydrogens (primary N) is 1. The fraction of sp³-hybridized carbons (Fsp3) is 0.615. The first kappa shape index (κ1) is 12.5. The molecule has 1 aliphatic rings. The summed E-state index contributed by atoms with van der Waals surface area (Å²) in [5.74, 6) is 0. The summed E-state index contributed by atoms with van der Waals surface area (Å²) in [4.78, 5) is 6.50. The van der Waals surface area contributed by atoms with Crippen LogP contribution in [0.5, 0.6) is 0 Å². The maximum atomic E-state index is 5.91. The molecular formula is C13H21N3O. The van der Waals surface area contributed by atoms with E-state index in [-0.39, 0.29) is 12.1 Å². The number of aromatic nitrogens is 1. The van der Waals surface area contributed by atoms with Gasteiger partial charge in [-0.15, -0.1) is 0 Å². The van der Waals surface area contributed by atoms with Gasteiger partial charge in [0.1, 0.15) is 0 Å². The normalized spacial score (nSPS) is 26.4. The van der Waals surface area contributed by atoms with Gasteiger partial charge in [0.15, 0.2) is 0 Å². The summed E-state index contributed by atoms with van der Waals surface area (Å²) in [5, 5.41) is 0. The van der Waals surface area contributed by atoms with Crippen LogP contribution in [0.2, 0.25) is 0 Å². The number of nitrogens with zero attached hydrogens (tertiary/aromatic N) is 2. The zero-order valence-corrected chi connectivity index (χ0v) is 10.5. The molecule has 1 aromatic heterocycles. The van der Waals surface area contributed by atoms with Crippen molar-refractivity contribution < 1.29 is 4.74 Å². The van der Waals surface area contributed by atoms with E-state index in [0.717, 1.165) is 13.0 Å². The lowest BCUT2D eigenvalue weighted by atomic mass is 10.0. The van der Waals surface area contributed by atoms with Crippen molar-refractivity contribution >= 4 is 0 Å². The molecule has 1 saturated heterocycles. The molecule has 0 bridgehead atoms. The summed E-state index contributed by atoms with van der Waals surface area (Å²) in [6, 6.07) is 4.71. The summed E-state index contributed by atoms with van der Waals surface area (Å²) in [5.41, 5.74) is 7.09. The maximum absolute atomic E-state index is 5.91. The van der Waals surface area contributed by atoms with Gasteiger partial charge in [0.25, 0.3) is 0 Å². The van der Waals surface area contributed by atoms with Crippen LogP contribution in [0.15, 0.2) is 24.5 Å². The third-order valence-corrected chi connectivity index (χ3v) is 3.64. The van der Waals surface area contributed by atoms with E-state index in [1.807, 2.05) is 12.3 Å². The lowest BCUT2D eigenvalue weighted by Crippen LogP contribution is -2.42. The highest BCUT2D eigenvalue weighted by atomic mass is 16.5. The Morgan fingerprint density at radius 1 is 1.65 bits per heavy atom. The van der Waals surface area contributed by atoms with E-state index < -0.39 is 0 Å². The topological polar surface area (TPSA) is 51.4 Å². The number of rotatable bonds is 4. The van der Waals surface area contributed by atoms with E-state index >= 15 is 0 Å². The zero-order valence-electron chi connectivity index (χ0n) is 10.5. The van der Waals surface area contributed by atoms with Crippen molar-refractivity contribution in [1.82, 2.24) is 9.88 Å². The maximum Gasteiger partial charge on any atom is 0.0703 e. The molecule has 2 heterocycles. The molecule has 0 saturated carbocycles. The molecule has 1 aromatic rings. The number of pyridine rings is 1. The van der Waals surface area contributed by atoms with E-state index in [0.29, 0.717) is 12.6 Å². The Balaban J connectivity index is 2.13. The van der Waals surface area contributed by atoms with Crippen LogP contribution in [-0.4, -0.2) is 42.2 Å². The van der Waals surface area contributed by atoms with Crippen LogP contribution in [-0.2, 0) is 4.74 Å². The highest BCUT2D eigenvalue weighted by Crippen LogP contribution is 2.26. The predicted octanol–water partition coefficient (Wildman–Crippen LogP) is 1.19. The van der Waals surface area contributed by atoms with Gasteiger partial charge in [-0.25, -0.2) is 0 Å². The van der Waals surface area contributed by atoms with Gasteiger partial charge in [-0.2, -0.15) is 0 Å². The highest BCUT2D eigenvalue weighted by molar-refractivity contribution is 5.15. The summed E-state index contributed by atoms with van der Waals surface area (Å²) in [6.07, 6.45) is 5.05. The Hall–Kier alpha value is -0.970. The molecular weight excluding hydrogens is 214 g/mol. The molecule has 4 heteroatoms. The highest BCUT2D eigenvalue weighted by Gasteiger charge is 2.31. The molecule has 2 N–H and O–H groups in total. The second-order valence-corrected chi connectivity index (χ2v) is 4.64. The van der Waals surface area contributed by atoms with Crippen LogP contribution in [0.4, 0.5) is 0 Å². The van der Waals surface area contributed by atoms with Gasteiger partial charge < -0.3 is 10.5 Å². The third-order valence-electron chi connectivity index (χ3n) is 3.64. The Morgan fingerprint density at radius 2 is 2.47 bits per heavy atom. The van der Waals surface area contributed by atoms with Gasteiger partial charge in [-0.3, -0.25) is 9.88 Å². The Morgan fingerprint density at radius 3 is 3.00 bits per heavy atom. The minimum absolute atomic E-state index is 0.220. The van der Waals surface area contributed by atoms with E-state index in [4.69, 9.17) is 10.5 Å². The molecule has 0 radical (unpaired) electrons. The van der Waals surface area contributed by atoms with Crippen molar-refractivity contribution in [3.05, 3.63) is 30.1 Å². The molecule has 4 nitrogen and oxygen atoms in total. The molecule has 94 valence electrons. The average Bonchev–Trinajstić information content (AvgIpc) is 2.77. The van der Waals surface area contributed by atoms with Crippen molar-refractivity contribution in [3.8, 4) is 0 Å². The first-order valence-electron chi connectivity index (χ1n) is 6.17.